The summed E-state index contributed by atoms with van der Waals surface area (Å²) in [6, 6.07) is 5.49. The summed E-state index contributed by atoms with van der Waals surface area (Å²) in [6.07, 6.45) is -0.193. The van der Waals surface area contributed by atoms with Gasteiger partial charge in [-0.1, -0.05) is 6.07 Å². The maximum Gasteiger partial charge on any atom is 0.251 e. The Morgan fingerprint density at radius 3 is 2.85 bits per heavy atom. The van der Waals surface area contributed by atoms with Crippen molar-refractivity contribution in [1.82, 2.24) is 24.5 Å². The minimum Gasteiger partial charge on any atom is -0.494 e. The second-order valence-corrected chi connectivity index (χ2v) is 6.62. The van der Waals surface area contributed by atoms with Crippen molar-refractivity contribution in [3.05, 3.63) is 24.0 Å². The number of anilines is 1. The van der Waals surface area contributed by atoms with Crippen LogP contribution in [0.25, 0.3) is 16.6 Å². The van der Waals surface area contributed by atoms with Crippen LogP contribution in [0.1, 0.15) is 18.7 Å². The van der Waals surface area contributed by atoms with Gasteiger partial charge in [0, 0.05) is 11.9 Å². The Balaban J connectivity index is 1.72. The summed E-state index contributed by atoms with van der Waals surface area (Å²) in [5, 5.41) is 5.13. The van der Waals surface area contributed by atoms with E-state index in [0.29, 0.717) is 35.2 Å². The topological polar surface area (TPSA) is 81.6 Å². The summed E-state index contributed by atoms with van der Waals surface area (Å²) >= 11 is 0. The van der Waals surface area contributed by atoms with Crippen LogP contribution in [0.2, 0.25) is 0 Å². The van der Waals surface area contributed by atoms with E-state index >= 15 is 0 Å². The molecular formula is C17H20F2N6O. The van der Waals surface area contributed by atoms with Gasteiger partial charge in [-0.25, -0.2) is 18.7 Å². The van der Waals surface area contributed by atoms with Crippen molar-refractivity contribution in [2.45, 2.75) is 25.8 Å². The third-order valence-electron chi connectivity index (χ3n) is 4.53. The summed E-state index contributed by atoms with van der Waals surface area (Å²) in [5.74, 6) is 1.73. The number of benzene rings is 1. The quantitative estimate of drug-likeness (QED) is 0.695. The molecule has 0 radical (unpaired) electrons. The molecule has 1 aliphatic rings. The minimum atomic E-state index is -2.39. The van der Waals surface area contributed by atoms with Gasteiger partial charge in [0.1, 0.15) is 11.3 Å². The summed E-state index contributed by atoms with van der Waals surface area (Å²) in [6.45, 7) is 0.615. The van der Waals surface area contributed by atoms with Crippen molar-refractivity contribution in [2.24, 2.45) is 5.92 Å². The molecule has 138 valence electrons. The number of fused-ring (bicyclic) bond motifs is 3. The molecule has 0 aliphatic heterocycles. The van der Waals surface area contributed by atoms with Crippen molar-refractivity contribution >= 4 is 22.5 Å². The summed E-state index contributed by atoms with van der Waals surface area (Å²) in [5.41, 5.74) is 7.17. The Bertz CT molecular complexity index is 936. The minimum absolute atomic E-state index is 0.179. The number of nitrogen functional groups attached to an aromatic ring is 1. The zero-order valence-electron chi connectivity index (χ0n) is 14.4. The molecule has 2 heterocycles. The number of aromatic nitrogens is 4. The molecule has 1 fully saturated rings. The average Bonchev–Trinajstić information content (AvgIpc) is 3.30. The molecule has 0 bridgehead atoms. The highest BCUT2D eigenvalue weighted by atomic mass is 19.3. The van der Waals surface area contributed by atoms with Crippen LogP contribution in [0.4, 0.5) is 14.7 Å². The first kappa shape index (κ1) is 16.9. The molecule has 1 saturated carbocycles. The molecular weight excluding hydrogens is 342 g/mol. The summed E-state index contributed by atoms with van der Waals surface area (Å²) in [7, 11) is 1.56. The van der Waals surface area contributed by atoms with E-state index in [1.165, 1.54) is 4.52 Å². The van der Waals surface area contributed by atoms with E-state index in [-0.39, 0.29) is 19.0 Å². The van der Waals surface area contributed by atoms with Gasteiger partial charge in [-0.15, -0.1) is 5.10 Å². The zero-order valence-corrected chi connectivity index (χ0v) is 14.4. The Labute approximate surface area is 148 Å². The molecule has 3 aromatic rings. The molecule has 0 spiro atoms. The third kappa shape index (κ3) is 3.26. The fourth-order valence-corrected chi connectivity index (χ4v) is 3.16. The van der Waals surface area contributed by atoms with Gasteiger partial charge in [0.05, 0.1) is 20.2 Å². The molecule has 0 unspecified atom stereocenters. The molecule has 2 N–H and O–H groups in total. The number of hydrogen-bond donors (Lipinski definition) is 1. The molecule has 7 nitrogen and oxygen atoms in total. The molecule has 1 aromatic carbocycles. The highest BCUT2D eigenvalue weighted by Gasteiger charge is 2.26. The molecule has 26 heavy (non-hydrogen) atoms. The lowest BCUT2D eigenvalue weighted by molar-refractivity contribution is 0.0810. The van der Waals surface area contributed by atoms with Gasteiger partial charge < -0.3 is 10.5 Å². The second kappa shape index (κ2) is 6.64. The van der Waals surface area contributed by atoms with Crippen molar-refractivity contribution in [2.75, 3.05) is 25.9 Å². The standard InChI is InChI=1S/C17H20F2N6O/c1-26-12-4-2-3-11-15(12)22-17(20)25-16(11)21-14(23-25)9-24(8-13(18)19)7-10-5-6-10/h2-4,10,13H,5-9H2,1H3,(H2,20,22). The Kier molecular flexibility index (Phi) is 4.31. The van der Waals surface area contributed by atoms with Crippen molar-refractivity contribution in [3.8, 4) is 5.75 Å². The molecule has 4 rings (SSSR count). The lowest BCUT2D eigenvalue weighted by atomic mass is 10.2. The van der Waals surface area contributed by atoms with E-state index in [9.17, 15) is 8.78 Å². The van der Waals surface area contributed by atoms with E-state index in [1.54, 1.807) is 18.1 Å². The summed E-state index contributed by atoms with van der Waals surface area (Å²) < 4.78 is 32.6. The molecule has 0 saturated heterocycles. The molecule has 1 aliphatic carbocycles. The van der Waals surface area contributed by atoms with Gasteiger partial charge in [-0.3, -0.25) is 4.90 Å². The number of methoxy groups -OCH3 is 1. The van der Waals surface area contributed by atoms with Gasteiger partial charge in [0.15, 0.2) is 11.5 Å². The number of nitrogens with zero attached hydrogens (tertiary/aromatic N) is 5. The van der Waals surface area contributed by atoms with Gasteiger partial charge >= 0.3 is 0 Å². The number of alkyl halides is 2. The van der Waals surface area contributed by atoms with Gasteiger partial charge in [-0.05, 0) is 30.9 Å². The molecule has 9 heteroatoms. The fraction of sp³-hybridized carbons (Fsp3) is 0.471. The first-order valence-electron chi connectivity index (χ1n) is 8.53. The van der Waals surface area contributed by atoms with E-state index in [2.05, 4.69) is 15.1 Å². The van der Waals surface area contributed by atoms with Crippen LogP contribution in [0.3, 0.4) is 0 Å². The first-order valence-corrected chi connectivity index (χ1v) is 8.53. The van der Waals surface area contributed by atoms with Gasteiger partial charge in [0.25, 0.3) is 6.43 Å². The number of halogens is 2. The number of para-hydroxylation sites is 1. The van der Waals surface area contributed by atoms with Crippen LogP contribution in [0, 0.1) is 5.92 Å². The highest BCUT2D eigenvalue weighted by molar-refractivity contribution is 5.95. The zero-order chi connectivity index (χ0) is 18.3. The van der Waals surface area contributed by atoms with Crippen molar-refractivity contribution in [1.29, 1.82) is 0 Å². The maximum absolute atomic E-state index is 12.9. The molecule has 2 aromatic heterocycles. The lowest BCUT2D eigenvalue weighted by Crippen LogP contribution is -2.31. The van der Waals surface area contributed by atoms with Crippen molar-refractivity contribution < 1.29 is 13.5 Å². The fourth-order valence-electron chi connectivity index (χ4n) is 3.16. The van der Waals surface area contributed by atoms with Crippen LogP contribution < -0.4 is 10.5 Å². The Hall–Kier alpha value is -2.55. The van der Waals surface area contributed by atoms with Crippen molar-refractivity contribution in [3.63, 3.8) is 0 Å². The average molecular weight is 362 g/mol. The number of rotatable bonds is 7. The van der Waals surface area contributed by atoms with Crippen LogP contribution in [-0.2, 0) is 6.54 Å². The Morgan fingerprint density at radius 2 is 2.15 bits per heavy atom. The monoisotopic (exact) mass is 362 g/mol. The molecule has 0 amide bonds. The number of nitrogens with two attached hydrogens (primary N) is 1. The summed E-state index contributed by atoms with van der Waals surface area (Å²) in [4.78, 5) is 10.6. The van der Waals surface area contributed by atoms with Crippen LogP contribution in [-0.4, -0.2) is 51.1 Å². The lowest BCUT2D eigenvalue weighted by Gasteiger charge is -2.19. The van der Waals surface area contributed by atoms with Gasteiger partial charge in [0.2, 0.25) is 5.95 Å². The van der Waals surface area contributed by atoms with Crippen LogP contribution >= 0.6 is 0 Å². The first-order chi connectivity index (χ1) is 12.5. The van der Waals surface area contributed by atoms with E-state index in [1.807, 2.05) is 12.1 Å². The van der Waals surface area contributed by atoms with E-state index in [0.717, 1.165) is 18.2 Å². The number of ether oxygens (including phenoxy) is 1. The van der Waals surface area contributed by atoms with Crippen LogP contribution in [0.15, 0.2) is 18.2 Å². The highest BCUT2D eigenvalue weighted by Crippen LogP contribution is 2.31. The SMILES string of the molecule is COc1cccc2c1nc(N)n1nc(CN(CC(F)F)CC3CC3)nc21. The van der Waals surface area contributed by atoms with E-state index < -0.39 is 6.43 Å². The third-order valence-corrected chi connectivity index (χ3v) is 4.53. The van der Waals surface area contributed by atoms with Crippen LogP contribution in [0.5, 0.6) is 5.75 Å². The largest absolute Gasteiger partial charge is 0.494 e. The van der Waals surface area contributed by atoms with E-state index in [4.69, 9.17) is 10.5 Å². The molecule has 0 atom stereocenters. The second-order valence-electron chi connectivity index (χ2n) is 6.62. The van der Waals surface area contributed by atoms with Gasteiger partial charge in [-0.2, -0.15) is 4.52 Å². The Morgan fingerprint density at radius 1 is 1.35 bits per heavy atom. The predicted octanol–water partition coefficient (Wildman–Crippen LogP) is 2.35. The normalized spacial score (nSPS) is 14.8. The number of hydrogen-bond acceptors (Lipinski definition) is 6. The smallest absolute Gasteiger partial charge is 0.251 e. The maximum atomic E-state index is 12.9. The predicted molar refractivity (Wildman–Crippen MR) is 93.3 cm³/mol.